The lowest BCUT2D eigenvalue weighted by atomic mass is 9.52. The normalized spacial score (nSPS) is 26.1. The Morgan fingerprint density at radius 3 is 2.46 bits per heavy atom. The molecule has 2 fully saturated rings. The summed E-state index contributed by atoms with van der Waals surface area (Å²) >= 11 is 0. The first-order chi connectivity index (χ1) is 6.20. The van der Waals surface area contributed by atoms with Crippen LogP contribution in [-0.2, 0) is 0 Å². The minimum atomic E-state index is 0.803. The predicted molar refractivity (Wildman–Crippen MR) is 56.7 cm³/mol. The second-order valence-electron chi connectivity index (χ2n) is 5.68. The van der Waals surface area contributed by atoms with Gasteiger partial charge in [-0.05, 0) is 56.0 Å². The van der Waals surface area contributed by atoms with Gasteiger partial charge in [0.2, 0.25) is 0 Å². The van der Waals surface area contributed by atoms with E-state index in [0.717, 1.165) is 17.3 Å². The fraction of sp³-hybridized carbons (Fsp3) is 1.00. The molecule has 1 spiro atoms. The third-order valence-electron chi connectivity index (χ3n) is 3.84. The van der Waals surface area contributed by atoms with E-state index in [2.05, 4.69) is 19.2 Å². The van der Waals surface area contributed by atoms with Gasteiger partial charge in [0.15, 0.2) is 0 Å². The van der Waals surface area contributed by atoms with Crippen LogP contribution in [0.1, 0.15) is 46.0 Å². The second kappa shape index (κ2) is 3.61. The standard InChI is InChI=1S/C12H23N/c1-10(2)8-13-9-11-6-12(7-11)4-3-5-12/h10-11,13H,3-9H2,1-2H3. The molecule has 2 aliphatic rings. The van der Waals surface area contributed by atoms with E-state index in [0.29, 0.717) is 0 Å². The maximum absolute atomic E-state index is 3.57. The zero-order valence-electron chi connectivity index (χ0n) is 9.10. The first-order valence-corrected chi connectivity index (χ1v) is 5.91. The van der Waals surface area contributed by atoms with Crippen LogP contribution in [0.5, 0.6) is 0 Å². The van der Waals surface area contributed by atoms with E-state index in [9.17, 15) is 0 Å². The Balaban J connectivity index is 1.54. The van der Waals surface area contributed by atoms with Crippen molar-refractivity contribution in [1.29, 1.82) is 0 Å². The van der Waals surface area contributed by atoms with Crippen molar-refractivity contribution in [2.45, 2.75) is 46.0 Å². The fourth-order valence-electron chi connectivity index (χ4n) is 2.97. The van der Waals surface area contributed by atoms with E-state index in [4.69, 9.17) is 0 Å². The molecule has 76 valence electrons. The van der Waals surface area contributed by atoms with Crippen LogP contribution in [0.15, 0.2) is 0 Å². The molecule has 0 saturated heterocycles. The van der Waals surface area contributed by atoms with Gasteiger partial charge in [0.1, 0.15) is 0 Å². The average Bonchev–Trinajstić information content (AvgIpc) is 1.89. The molecule has 0 aromatic rings. The summed E-state index contributed by atoms with van der Waals surface area (Å²) in [5.41, 5.74) is 0.865. The summed E-state index contributed by atoms with van der Waals surface area (Å²) in [7, 11) is 0. The van der Waals surface area contributed by atoms with Crippen LogP contribution in [0, 0.1) is 17.3 Å². The van der Waals surface area contributed by atoms with Crippen molar-refractivity contribution < 1.29 is 0 Å². The molecule has 2 aliphatic carbocycles. The van der Waals surface area contributed by atoms with Crippen LogP contribution in [0.4, 0.5) is 0 Å². The van der Waals surface area contributed by atoms with Crippen molar-refractivity contribution in [1.82, 2.24) is 5.32 Å². The van der Waals surface area contributed by atoms with Crippen LogP contribution in [0.2, 0.25) is 0 Å². The quantitative estimate of drug-likeness (QED) is 0.703. The molecular formula is C12H23N. The third kappa shape index (κ3) is 2.07. The van der Waals surface area contributed by atoms with Gasteiger partial charge in [-0.25, -0.2) is 0 Å². The number of rotatable bonds is 4. The molecule has 0 radical (unpaired) electrons. The Labute approximate surface area is 82.3 Å². The van der Waals surface area contributed by atoms with E-state index >= 15 is 0 Å². The highest BCUT2D eigenvalue weighted by atomic mass is 14.9. The van der Waals surface area contributed by atoms with Gasteiger partial charge in [0, 0.05) is 0 Å². The Morgan fingerprint density at radius 2 is 2.00 bits per heavy atom. The van der Waals surface area contributed by atoms with Crippen LogP contribution >= 0.6 is 0 Å². The van der Waals surface area contributed by atoms with Crippen molar-refractivity contribution >= 4 is 0 Å². The van der Waals surface area contributed by atoms with Gasteiger partial charge >= 0.3 is 0 Å². The summed E-state index contributed by atoms with van der Waals surface area (Å²) < 4.78 is 0. The highest BCUT2D eigenvalue weighted by Crippen LogP contribution is 2.58. The highest BCUT2D eigenvalue weighted by molar-refractivity contribution is 4.99. The molecule has 0 aromatic heterocycles. The summed E-state index contributed by atoms with van der Waals surface area (Å²) in [6.45, 7) is 7.03. The first-order valence-electron chi connectivity index (χ1n) is 5.91. The summed E-state index contributed by atoms with van der Waals surface area (Å²) in [5, 5.41) is 3.57. The third-order valence-corrected chi connectivity index (χ3v) is 3.84. The Hall–Kier alpha value is -0.0400. The lowest BCUT2D eigenvalue weighted by Gasteiger charge is -2.54. The maximum atomic E-state index is 3.57. The van der Waals surface area contributed by atoms with E-state index in [-0.39, 0.29) is 0 Å². The van der Waals surface area contributed by atoms with E-state index in [1.54, 1.807) is 0 Å². The Morgan fingerprint density at radius 1 is 1.31 bits per heavy atom. The molecule has 0 aliphatic heterocycles. The van der Waals surface area contributed by atoms with Crippen LogP contribution in [0.3, 0.4) is 0 Å². The summed E-state index contributed by atoms with van der Waals surface area (Å²) in [4.78, 5) is 0. The van der Waals surface area contributed by atoms with Gasteiger partial charge < -0.3 is 5.32 Å². The lowest BCUT2D eigenvalue weighted by molar-refractivity contribution is -0.0236. The van der Waals surface area contributed by atoms with Crippen LogP contribution in [-0.4, -0.2) is 13.1 Å². The second-order valence-corrected chi connectivity index (χ2v) is 5.68. The molecule has 0 heterocycles. The molecule has 2 rings (SSSR count). The van der Waals surface area contributed by atoms with Crippen molar-refractivity contribution in [2.24, 2.45) is 17.3 Å². The van der Waals surface area contributed by atoms with Gasteiger partial charge in [-0.3, -0.25) is 0 Å². The van der Waals surface area contributed by atoms with Crippen molar-refractivity contribution in [3.05, 3.63) is 0 Å². The van der Waals surface area contributed by atoms with E-state index < -0.39 is 0 Å². The van der Waals surface area contributed by atoms with Gasteiger partial charge in [0.05, 0.1) is 0 Å². The van der Waals surface area contributed by atoms with E-state index in [1.807, 2.05) is 0 Å². The molecule has 0 amide bonds. The Kier molecular flexibility index (Phi) is 2.64. The van der Waals surface area contributed by atoms with E-state index in [1.165, 1.54) is 45.2 Å². The minimum absolute atomic E-state index is 0.803. The molecule has 0 atom stereocenters. The Bertz CT molecular complexity index is 162. The number of hydrogen-bond acceptors (Lipinski definition) is 1. The van der Waals surface area contributed by atoms with Crippen molar-refractivity contribution in [3.8, 4) is 0 Å². The SMILES string of the molecule is CC(C)CNCC1CC2(CCC2)C1. The molecule has 1 nitrogen and oxygen atoms in total. The molecule has 2 saturated carbocycles. The summed E-state index contributed by atoms with van der Waals surface area (Å²) in [5.74, 6) is 1.82. The van der Waals surface area contributed by atoms with Crippen molar-refractivity contribution in [2.75, 3.05) is 13.1 Å². The molecule has 1 heteroatoms. The lowest BCUT2D eigenvalue weighted by Crippen LogP contribution is -2.46. The minimum Gasteiger partial charge on any atom is -0.316 e. The van der Waals surface area contributed by atoms with Gasteiger partial charge in [-0.2, -0.15) is 0 Å². The van der Waals surface area contributed by atoms with Crippen LogP contribution in [0.25, 0.3) is 0 Å². The summed E-state index contributed by atoms with van der Waals surface area (Å²) in [6.07, 6.45) is 7.63. The fourth-order valence-corrected chi connectivity index (χ4v) is 2.97. The number of hydrogen-bond donors (Lipinski definition) is 1. The highest BCUT2D eigenvalue weighted by Gasteiger charge is 2.47. The van der Waals surface area contributed by atoms with Gasteiger partial charge in [-0.1, -0.05) is 20.3 Å². The van der Waals surface area contributed by atoms with Crippen LogP contribution < -0.4 is 5.32 Å². The monoisotopic (exact) mass is 181 g/mol. The smallest absolute Gasteiger partial charge is 0.00200 e. The molecule has 0 bridgehead atoms. The van der Waals surface area contributed by atoms with Gasteiger partial charge in [0.25, 0.3) is 0 Å². The summed E-state index contributed by atoms with van der Waals surface area (Å²) in [6, 6.07) is 0. The molecular weight excluding hydrogens is 158 g/mol. The molecule has 1 N–H and O–H groups in total. The number of nitrogens with one attached hydrogen (secondary N) is 1. The largest absolute Gasteiger partial charge is 0.316 e. The molecule has 13 heavy (non-hydrogen) atoms. The van der Waals surface area contributed by atoms with Crippen molar-refractivity contribution in [3.63, 3.8) is 0 Å². The topological polar surface area (TPSA) is 12.0 Å². The average molecular weight is 181 g/mol. The maximum Gasteiger partial charge on any atom is -0.00200 e. The molecule has 0 aromatic carbocycles. The molecule has 0 unspecified atom stereocenters. The zero-order chi connectivity index (χ0) is 9.31. The van der Waals surface area contributed by atoms with Gasteiger partial charge in [-0.15, -0.1) is 0 Å². The first kappa shape index (κ1) is 9.51. The predicted octanol–water partition coefficient (Wildman–Crippen LogP) is 2.81. The zero-order valence-corrected chi connectivity index (χ0v) is 9.10.